The SMILES string of the molecule is COc1c(C)c2c(c(O)c1C/C=C(\C)CP(=O)(O)O)C(=O)OC2.COc1c(C)c2c(c(O)c1C/C=C(\C)CP(=O)(OC)OC)C(=O)OC2.C[Si](C)(C)Br. The fourth-order valence-electron chi connectivity index (χ4n) is 5.57. The third kappa shape index (κ3) is 12.5. The van der Waals surface area contributed by atoms with E-state index >= 15 is 0 Å². The van der Waals surface area contributed by atoms with Crippen LogP contribution in [0.25, 0.3) is 0 Å². The second kappa shape index (κ2) is 19.1. The van der Waals surface area contributed by atoms with Crippen molar-refractivity contribution in [1.29, 1.82) is 0 Å². The molecule has 0 spiro atoms. The minimum Gasteiger partial charge on any atom is -0.507 e. The smallest absolute Gasteiger partial charge is 0.342 e. The van der Waals surface area contributed by atoms with E-state index in [0.717, 1.165) is 11.1 Å². The number of cyclic esters (lactones) is 2. The molecule has 0 saturated heterocycles. The Labute approximate surface area is 319 Å². The number of ether oxygens (including phenoxy) is 4. The van der Waals surface area contributed by atoms with Gasteiger partial charge in [0.25, 0.3) is 0 Å². The minimum absolute atomic E-state index is 0.0945. The molecular formula is C35H51BrO14P2Si. The Balaban J connectivity index is 0.000000326. The van der Waals surface area contributed by atoms with Crippen molar-refractivity contribution in [3.63, 3.8) is 0 Å². The van der Waals surface area contributed by atoms with Crippen molar-refractivity contribution in [3.8, 4) is 23.0 Å². The summed E-state index contributed by atoms with van der Waals surface area (Å²) in [5.74, 6) is -0.500. The van der Waals surface area contributed by atoms with Crippen molar-refractivity contribution in [3.05, 3.63) is 67.8 Å². The number of fused-ring (bicyclic) bond motifs is 2. The molecule has 4 rings (SSSR count). The summed E-state index contributed by atoms with van der Waals surface area (Å²) in [6.07, 6.45) is 3.66. The Hall–Kier alpha value is -2.94. The molecular weight excluding hydrogens is 814 g/mol. The molecule has 0 bridgehead atoms. The second-order valence-electron chi connectivity index (χ2n) is 13.4. The van der Waals surface area contributed by atoms with Gasteiger partial charge in [0.1, 0.15) is 54.0 Å². The number of hydrogen-bond donors (Lipinski definition) is 4. The average Bonchev–Trinajstić information content (AvgIpc) is 3.64. The highest BCUT2D eigenvalue weighted by molar-refractivity contribution is 9.26. The number of halogens is 1. The quantitative estimate of drug-likeness (QED) is 0.0533. The monoisotopic (exact) mass is 864 g/mol. The van der Waals surface area contributed by atoms with E-state index in [2.05, 4.69) is 34.9 Å². The summed E-state index contributed by atoms with van der Waals surface area (Å²) in [6.45, 7) is 13.1. The van der Waals surface area contributed by atoms with Gasteiger partial charge in [-0.3, -0.25) is 9.13 Å². The number of methoxy groups -OCH3 is 2. The maximum atomic E-state index is 12.2. The zero-order chi connectivity index (χ0) is 40.6. The van der Waals surface area contributed by atoms with Gasteiger partial charge < -0.3 is 48.0 Å². The van der Waals surface area contributed by atoms with Crippen molar-refractivity contribution in [1.82, 2.24) is 0 Å². The molecule has 14 nitrogen and oxygen atoms in total. The van der Waals surface area contributed by atoms with Gasteiger partial charge in [0.15, 0.2) is 0 Å². The highest BCUT2D eigenvalue weighted by Gasteiger charge is 2.33. The van der Waals surface area contributed by atoms with Crippen molar-refractivity contribution in [2.24, 2.45) is 0 Å². The van der Waals surface area contributed by atoms with Gasteiger partial charge in [0.2, 0.25) is 0 Å². The van der Waals surface area contributed by atoms with Gasteiger partial charge in [-0.15, -0.1) is 15.3 Å². The summed E-state index contributed by atoms with van der Waals surface area (Å²) in [6, 6.07) is 0. The van der Waals surface area contributed by atoms with E-state index in [4.69, 9.17) is 37.8 Å². The molecule has 2 aliphatic heterocycles. The summed E-state index contributed by atoms with van der Waals surface area (Å²) >= 11 is 3.51. The molecule has 0 radical (unpaired) electrons. The number of aromatic hydroxyl groups is 2. The molecule has 0 fully saturated rings. The molecule has 53 heavy (non-hydrogen) atoms. The van der Waals surface area contributed by atoms with Crippen LogP contribution in [0.1, 0.15) is 67.9 Å². The van der Waals surface area contributed by atoms with E-state index in [0.29, 0.717) is 51.3 Å². The lowest BCUT2D eigenvalue weighted by molar-refractivity contribution is 0.0523. The maximum Gasteiger partial charge on any atom is 0.342 e. The Morgan fingerprint density at radius 3 is 1.40 bits per heavy atom. The van der Waals surface area contributed by atoms with Gasteiger partial charge in [-0.1, -0.05) is 42.9 Å². The summed E-state index contributed by atoms with van der Waals surface area (Å²) in [5.41, 5.74) is 5.20. The topological polar surface area (TPSA) is 205 Å². The van der Waals surface area contributed by atoms with Crippen molar-refractivity contribution < 1.29 is 66.7 Å². The summed E-state index contributed by atoms with van der Waals surface area (Å²) in [5, 5.41) is 20.9. The number of carbonyl (C=O) groups is 2. The lowest BCUT2D eigenvalue weighted by atomic mass is 9.95. The van der Waals surface area contributed by atoms with Crippen LogP contribution in [0.15, 0.2) is 23.3 Å². The first kappa shape index (κ1) is 46.2. The Morgan fingerprint density at radius 1 is 0.755 bits per heavy atom. The first-order chi connectivity index (χ1) is 24.4. The molecule has 18 heteroatoms. The Morgan fingerprint density at radius 2 is 1.09 bits per heavy atom. The van der Waals surface area contributed by atoms with Crippen LogP contribution < -0.4 is 9.47 Å². The van der Waals surface area contributed by atoms with Gasteiger partial charge in [0.05, 0.1) is 26.5 Å². The number of rotatable bonds is 12. The third-order valence-corrected chi connectivity index (χ3v) is 11.0. The lowest BCUT2D eigenvalue weighted by Crippen LogP contribution is -2.05. The van der Waals surface area contributed by atoms with Gasteiger partial charge >= 0.3 is 27.1 Å². The van der Waals surface area contributed by atoms with Gasteiger partial charge in [0, 0.05) is 36.5 Å². The Bertz CT molecular complexity index is 1850. The van der Waals surface area contributed by atoms with E-state index in [1.165, 1.54) is 28.4 Å². The normalized spacial score (nSPS) is 14.3. The number of allylic oxidation sites excluding steroid dienone is 4. The molecule has 2 heterocycles. The van der Waals surface area contributed by atoms with Crippen LogP contribution in [0.4, 0.5) is 0 Å². The molecule has 2 aromatic carbocycles. The van der Waals surface area contributed by atoms with Crippen LogP contribution in [0.3, 0.4) is 0 Å². The predicted octanol–water partition coefficient (Wildman–Crippen LogP) is 7.62. The molecule has 2 aromatic rings. The Kier molecular flexibility index (Phi) is 16.6. The number of benzene rings is 2. The van der Waals surface area contributed by atoms with Crippen molar-refractivity contribution in [2.45, 2.75) is 73.4 Å². The fraction of sp³-hybridized carbons (Fsp3) is 0.486. The summed E-state index contributed by atoms with van der Waals surface area (Å²) < 4.78 is 53.8. The zero-order valence-electron chi connectivity index (χ0n) is 32.0. The number of carbonyl (C=O) groups excluding carboxylic acids is 2. The zero-order valence-corrected chi connectivity index (χ0v) is 36.4. The first-order valence-corrected chi connectivity index (χ1v) is 25.6. The van der Waals surface area contributed by atoms with E-state index in [-0.39, 0.29) is 54.6 Å². The van der Waals surface area contributed by atoms with Crippen LogP contribution in [0, 0.1) is 13.8 Å². The average molecular weight is 866 g/mol. The van der Waals surface area contributed by atoms with Crippen LogP contribution >= 0.6 is 30.5 Å². The highest BCUT2D eigenvalue weighted by Crippen LogP contribution is 2.48. The molecule has 0 saturated carbocycles. The van der Waals surface area contributed by atoms with Gasteiger partial charge in [-0.05, 0) is 51.7 Å². The first-order valence-electron chi connectivity index (χ1n) is 16.3. The molecule has 0 atom stereocenters. The molecule has 296 valence electrons. The van der Waals surface area contributed by atoms with E-state index in [9.17, 15) is 28.9 Å². The molecule has 0 amide bonds. The third-order valence-electron chi connectivity index (χ3n) is 8.06. The number of esters is 2. The number of hydrogen-bond acceptors (Lipinski definition) is 12. The predicted molar refractivity (Wildman–Crippen MR) is 208 cm³/mol. The van der Waals surface area contributed by atoms with Crippen molar-refractivity contribution in [2.75, 3.05) is 40.8 Å². The maximum absolute atomic E-state index is 12.2. The highest BCUT2D eigenvalue weighted by atomic mass is 79.9. The lowest BCUT2D eigenvalue weighted by Gasteiger charge is -2.16. The molecule has 0 aliphatic carbocycles. The van der Waals surface area contributed by atoms with Crippen molar-refractivity contribution >= 4 is 49.1 Å². The van der Waals surface area contributed by atoms with E-state index in [1.54, 1.807) is 32.9 Å². The van der Waals surface area contributed by atoms with E-state index in [1.807, 2.05) is 6.92 Å². The fourth-order valence-corrected chi connectivity index (χ4v) is 7.50. The molecule has 4 N–H and O–H groups in total. The van der Waals surface area contributed by atoms with Crippen LogP contribution in [-0.2, 0) is 53.7 Å². The molecule has 0 unspecified atom stereocenters. The molecule has 2 aliphatic rings. The number of phenolic OH excluding ortho intramolecular Hbond substituents is 2. The minimum atomic E-state index is -4.14. The standard InChI is InChI=1S/C17H23O7P.C15H19O7P.C3H9BrSi/c1-10(9-25(20,22-4)23-5)6-7-12-15(18)14-13(8-24-17(14)19)11(2)16(12)21-3;1-8(7-23(18,19)20)4-5-10-13(16)12-11(6-22-15(12)17)9(2)14(10)21-3;1-5(2,3)4/h6,18H,7-9H2,1-5H3;4,16H,5-7H2,1-3H3,(H2,18,19,20);1-3H3/b10-6+;8-4+;. The number of phenols is 2. The van der Waals surface area contributed by atoms with E-state index < -0.39 is 33.8 Å². The van der Waals surface area contributed by atoms with Crippen LogP contribution in [0.2, 0.25) is 19.6 Å². The summed E-state index contributed by atoms with van der Waals surface area (Å²) in [4.78, 5) is 41.6. The second-order valence-corrected chi connectivity index (χ2v) is 28.5. The van der Waals surface area contributed by atoms with Gasteiger partial charge in [-0.25, -0.2) is 9.59 Å². The summed E-state index contributed by atoms with van der Waals surface area (Å²) in [7, 11) is -1.66. The largest absolute Gasteiger partial charge is 0.507 e. The van der Waals surface area contributed by atoms with Crippen LogP contribution in [-0.4, -0.2) is 79.4 Å². The van der Waals surface area contributed by atoms with Crippen LogP contribution in [0.5, 0.6) is 23.0 Å². The molecule has 0 aromatic heterocycles. The van der Waals surface area contributed by atoms with Gasteiger partial charge in [-0.2, -0.15) is 0 Å².